The molecular formula is C16H14ClFN6O3. The summed E-state index contributed by atoms with van der Waals surface area (Å²) in [6.07, 6.45) is 4.12. The normalized spacial score (nSPS) is 10.8. The Morgan fingerprint density at radius 1 is 1.37 bits per heavy atom. The van der Waals surface area contributed by atoms with Crippen molar-refractivity contribution in [2.45, 2.75) is 20.0 Å². The molecule has 140 valence electrons. The van der Waals surface area contributed by atoms with Crippen molar-refractivity contribution in [1.29, 1.82) is 0 Å². The molecule has 9 nitrogen and oxygen atoms in total. The molecule has 27 heavy (non-hydrogen) atoms. The lowest BCUT2D eigenvalue weighted by molar-refractivity contribution is -0.385. The highest BCUT2D eigenvalue weighted by molar-refractivity contribution is 6.31. The standard InChI is InChI=1S/C16H14ClFN6O3/c1-2-22-9-14(24(26)27)15(21-22)16(25)20-12-6-19-23(8-12)7-10-3-4-11(18)5-13(10)17/h3-6,8-9H,2,7H2,1H3,(H,20,25). The van der Waals surface area contributed by atoms with Gasteiger partial charge >= 0.3 is 5.69 Å². The van der Waals surface area contributed by atoms with Crippen molar-refractivity contribution in [3.63, 3.8) is 0 Å². The van der Waals surface area contributed by atoms with Crippen LogP contribution in [-0.4, -0.2) is 30.4 Å². The van der Waals surface area contributed by atoms with Crippen LogP contribution in [0, 0.1) is 15.9 Å². The first-order valence-electron chi connectivity index (χ1n) is 7.87. The Bertz CT molecular complexity index is 1020. The van der Waals surface area contributed by atoms with E-state index >= 15 is 0 Å². The fraction of sp³-hybridized carbons (Fsp3) is 0.188. The minimum absolute atomic E-state index is 0.261. The molecule has 0 aliphatic rings. The van der Waals surface area contributed by atoms with Crippen LogP contribution in [-0.2, 0) is 13.1 Å². The number of halogens is 2. The van der Waals surface area contributed by atoms with Gasteiger partial charge in [0, 0.05) is 17.8 Å². The van der Waals surface area contributed by atoms with E-state index in [0.717, 1.165) is 0 Å². The van der Waals surface area contributed by atoms with Gasteiger partial charge in [0.05, 0.1) is 23.4 Å². The highest BCUT2D eigenvalue weighted by atomic mass is 35.5. The lowest BCUT2D eigenvalue weighted by Gasteiger charge is -2.04. The number of anilines is 1. The summed E-state index contributed by atoms with van der Waals surface area (Å²) in [5.74, 6) is -1.15. The van der Waals surface area contributed by atoms with Crippen LogP contribution in [0.2, 0.25) is 5.02 Å². The van der Waals surface area contributed by atoms with Crippen molar-refractivity contribution in [1.82, 2.24) is 19.6 Å². The molecule has 2 aromatic heterocycles. The monoisotopic (exact) mass is 392 g/mol. The van der Waals surface area contributed by atoms with E-state index in [1.165, 1.54) is 40.1 Å². The van der Waals surface area contributed by atoms with Gasteiger partial charge in [-0.15, -0.1) is 0 Å². The first-order chi connectivity index (χ1) is 12.9. The molecule has 0 fully saturated rings. The van der Waals surface area contributed by atoms with Crippen molar-refractivity contribution in [3.05, 3.63) is 69.0 Å². The first kappa shape index (κ1) is 18.5. The Morgan fingerprint density at radius 3 is 2.81 bits per heavy atom. The smallest absolute Gasteiger partial charge is 0.318 e. The second-order valence-corrected chi connectivity index (χ2v) is 6.00. The number of carbonyl (C=O) groups excluding carboxylic acids is 1. The number of hydrogen-bond acceptors (Lipinski definition) is 5. The van der Waals surface area contributed by atoms with Crippen molar-refractivity contribution in [2.24, 2.45) is 0 Å². The number of hydrogen-bond donors (Lipinski definition) is 1. The van der Waals surface area contributed by atoms with E-state index in [-0.39, 0.29) is 22.9 Å². The molecule has 1 aromatic carbocycles. The number of nitrogens with zero attached hydrogens (tertiary/aromatic N) is 5. The average molecular weight is 393 g/mol. The molecule has 0 bridgehead atoms. The van der Waals surface area contributed by atoms with Gasteiger partial charge in [-0.2, -0.15) is 10.2 Å². The van der Waals surface area contributed by atoms with Gasteiger partial charge in [0.2, 0.25) is 5.69 Å². The molecule has 0 atom stereocenters. The average Bonchev–Trinajstić information content (AvgIpc) is 3.24. The lowest BCUT2D eigenvalue weighted by atomic mass is 10.2. The molecule has 2 heterocycles. The number of carbonyl (C=O) groups is 1. The molecule has 0 radical (unpaired) electrons. The molecule has 1 amide bonds. The summed E-state index contributed by atoms with van der Waals surface area (Å²) in [7, 11) is 0. The summed E-state index contributed by atoms with van der Waals surface area (Å²) >= 11 is 5.99. The van der Waals surface area contributed by atoms with Gasteiger partial charge in [-0.1, -0.05) is 17.7 Å². The molecule has 3 rings (SSSR count). The van der Waals surface area contributed by atoms with Gasteiger partial charge in [-0.25, -0.2) is 4.39 Å². The van der Waals surface area contributed by atoms with E-state index < -0.39 is 16.6 Å². The maximum absolute atomic E-state index is 13.1. The zero-order valence-corrected chi connectivity index (χ0v) is 14.9. The largest absolute Gasteiger partial charge is 0.320 e. The zero-order valence-electron chi connectivity index (χ0n) is 14.1. The second kappa shape index (κ2) is 7.54. The number of aryl methyl sites for hydroxylation is 1. The predicted molar refractivity (Wildman–Crippen MR) is 95.2 cm³/mol. The SMILES string of the molecule is CCn1cc([N+](=O)[O-])c(C(=O)Nc2cnn(Cc3ccc(F)cc3Cl)c2)n1. The van der Waals surface area contributed by atoms with Gasteiger partial charge < -0.3 is 5.32 Å². The van der Waals surface area contributed by atoms with E-state index in [2.05, 4.69) is 15.5 Å². The van der Waals surface area contributed by atoms with E-state index in [4.69, 9.17) is 11.6 Å². The highest BCUT2D eigenvalue weighted by Gasteiger charge is 2.25. The predicted octanol–water partition coefficient (Wildman–Crippen LogP) is 3.10. The number of amides is 1. The number of benzene rings is 1. The third kappa shape index (κ3) is 4.11. The minimum atomic E-state index is -0.715. The fourth-order valence-corrected chi connectivity index (χ4v) is 2.62. The summed E-state index contributed by atoms with van der Waals surface area (Å²) < 4.78 is 15.9. The summed E-state index contributed by atoms with van der Waals surface area (Å²) in [5.41, 5.74) is 0.325. The highest BCUT2D eigenvalue weighted by Crippen LogP contribution is 2.20. The van der Waals surface area contributed by atoms with Crippen LogP contribution >= 0.6 is 11.6 Å². The number of nitrogens with one attached hydrogen (secondary N) is 1. The third-order valence-corrected chi connectivity index (χ3v) is 4.07. The van der Waals surface area contributed by atoms with Crippen LogP contribution in [0.25, 0.3) is 0 Å². The molecule has 0 spiro atoms. The molecule has 3 aromatic rings. The molecule has 0 saturated heterocycles. The summed E-state index contributed by atoms with van der Waals surface area (Å²) in [6.45, 7) is 2.41. The molecule has 1 N–H and O–H groups in total. The van der Waals surface area contributed by atoms with Gasteiger partial charge in [0.15, 0.2) is 0 Å². The van der Waals surface area contributed by atoms with Gasteiger partial charge in [-0.05, 0) is 24.6 Å². The first-order valence-corrected chi connectivity index (χ1v) is 8.24. The maximum atomic E-state index is 13.1. The van der Waals surface area contributed by atoms with Gasteiger partial charge in [0.1, 0.15) is 12.0 Å². The van der Waals surface area contributed by atoms with Crippen molar-refractivity contribution < 1.29 is 14.1 Å². The molecule has 0 saturated carbocycles. The van der Waals surface area contributed by atoms with Gasteiger partial charge in [0.25, 0.3) is 5.91 Å². The second-order valence-electron chi connectivity index (χ2n) is 5.59. The molecule has 11 heteroatoms. The van der Waals surface area contributed by atoms with E-state index in [0.29, 0.717) is 17.8 Å². The Balaban J connectivity index is 1.75. The Labute approximate surface area is 157 Å². The zero-order chi connectivity index (χ0) is 19.6. The van der Waals surface area contributed by atoms with Crippen LogP contribution in [0.1, 0.15) is 23.0 Å². The molecule has 0 unspecified atom stereocenters. The van der Waals surface area contributed by atoms with Crippen LogP contribution in [0.15, 0.2) is 36.8 Å². The van der Waals surface area contributed by atoms with E-state index in [1.54, 1.807) is 13.0 Å². The number of aromatic nitrogens is 4. The Hall–Kier alpha value is -3.27. The number of rotatable bonds is 6. The quantitative estimate of drug-likeness (QED) is 0.512. The molecule has 0 aliphatic heterocycles. The van der Waals surface area contributed by atoms with Crippen molar-refractivity contribution in [2.75, 3.05) is 5.32 Å². The summed E-state index contributed by atoms with van der Waals surface area (Å²) in [5, 5.41) is 21.9. The minimum Gasteiger partial charge on any atom is -0.318 e. The number of nitro groups is 1. The van der Waals surface area contributed by atoms with Crippen LogP contribution < -0.4 is 5.32 Å². The maximum Gasteiger partial charge on any atom is 0.320 e. The Morgan fingerprint density at radius 2 is 2.15 bits per heavy atom. The van der Waals surface area contributed by atoms with Crippen molar-refractivity contribution in [3.8, 4) is 0 Å². The third-order valence-electron chi connectivity index (χ3n) is 3.72. The molecule has 0 aliphatic carbocycles. The van der Waals surface area contributed by atoms with Crippen molar-refractivity contribution >= 4 is 28.9 Å². The topological polar surface area (TPSA) is 108 Å². The fourth-order valence-electron chi connectivity index (χ4n) is 2.40. The van der Waals surface area contributed by atoms with Gasteiger partial charge in [-0.3, -0.25) is 24.3 Å². The summed E-state index contributed by atoms with van der Waals surface area (Å²) in [6, 6.07) is 4.03. The molecular weight excluding hydrogens is 379 g/mol. The van der Waals surface area contributed by atoms with Crippen LogP contribution in [0.5, 0.6) is 0 Å². The van der Waals surface area contributed by atoms with E-state index in [1.807, 2.05) is 0 Å². The van der Waals surface area contributed by atoms with E-state index in [9.17, 15) is 19.3 Å². The lowest BCUT2D eigenvalue weighted by Crippen LogP contribution is -2.14. The Kier molecular flexibility index (Phi) is 5.17. The van der Waals surface area contributed by atoms with Crippen LogP contribution in [0.3, 0.4) is 0 Å². The van der Waals surface area contributed by atoms with Crippen LogP contribution in [0.4, 0.5) is 15.8 Å². The summed E-state index contributed by atoms with van der Waals surface area (Å²) in [4.78, 5) is 22.8.